The van der Waals surface area contributed by atoms with Crippen LogP contribution in [0.25, 0.3) is 22.1 Å². The number of carbonyl (C=O) groups excluding carboxylic acids is 1. The minimum atomic E-state index is -0.936. The average Bonchev–Trinajstić information content (AvgIpc) is 3.46. The molecule has 0 aromatic carbocycles. The third-order valence-corrected chi connectivity index (χ3v) is 8.12. The molecule has 11 nitrogen and oxygen atoms in total. The number of aromatic carboxylic acids is 1. The van der Waals surface area contributed by atoms with Gasteiger partial charge in [0.2, 0.25) is 0 Å². The van der Waals surface area contributed by atoms with E-state index in [9.17, 15) is 14.7 Å². The summed E-state index contributed by atoms with van der Waals surface area (Å²) < 4.78 is 25.5. The Morgan fingerprint density at radius 1 is 0.778 bits per heavy atom. The lowest BCUT2D eigenvalue weighted by molar-refractivity contribution is 0.00432. The van der Waals surface area contributed by atoms with Crippen molar-refractivity contribution >= 4 is 44.9 Å². The first-order valence-corrected chi connectivity index (χ1v) is 14.9. The van der Waals surface area contributed by atoms with Crippen molar-refractivity contribution in [2.24, 2.45) is 0 Å². The molecule has 45 heavy (non-hydrogen) atoms. The van der Waals surface area contributed by atoms with Crippen molar-refractivity contribution < 1.29 is 33.6 Å². The monoisotopic (exact) mass is 646 g/mol. The van der Waals surface area contributed by atoms with Crippen LogP contribution in [0.2, 0.25) is 0 Å². The van der Waals surface area contributed by atoms with Crippen molar-refractivity contribution in [2.75, 3.05) is 40.6 Å². The summed E-state index contributed by atoms with van der Waals surface area (Å²) in [4.78, 5) is 32.1. The molecule has 4 aromatic rings. The number of rotatable bonds is 14. The average molecular weight is 647 g/mol. The summed E-state index contributed by atoms with van der Waals surface area (Å²) in [7, 11) is 3.27. The van der Waals surface area contributed by atoms with Gasteiger partial charge in [-0.2, -0.15) is 0 Å². The predicted molar refractivity (Wildman–Crippen MR) is 177 cm³/mol. The van der Waals surface area contributed by atoms with E-state index < -0.39 is 11.2 Å². The first-order chi connectivity index (χ1) is 21.0. The minimum absolute atomic E-state index is 0. The van der Waals surface area contributed by atoms with Crippen molar-refractivity contribution in [1.82, 2.24) is 19.1 Å². The van der Waals surface area contributed by atoms with E-state index in [1.807, 2.05) is 56.7 Å². The van der Waals surface area contributed by atoms with Gasteiger partial charge in [-0.3, -0.25) is 4.79 Å². The molecule has 4 unspecified atom stereocenters. The van der Waals surface area contributed by atoms with Crippen molar-refractivity contribution in [3.05, 3.63) is 59.2 Å². The Morgan fingerprint density at radius 3 is 1.56 bits per heavy atom. The van der Waals surface area contributed by atoms with Crippen LogP contribution in [0.15, 0.2) is 36.7 Å². The van der Waals surface area contributed by atoms with Crippen molar-refractivity contribution in [3.8, 4) is 0 Å². The van der Waals surface area contributed by atoms with Crippen LogP contribution >= 0.6 is 11.6 Å². The molecular weight excluding hydrogens is 600 g/mol. The van der Waals surface area contributed by atoms with Gasteiger partial charge in [-0.1, -0.05) is 7.43 Å². The molecule has 0 aliphatic rings. The number of carboxylic acids is 1. The molecule has 4 atom stereocenters. The second-order valence-corrected chi connectivity index (χ2v) is 11.0. The van der Waals surface area contributed by atoms with Gasteiger partial charge < -0.3 is 33.2 Å². The Bertz CT molecular complexity index is 1450. The van der Waals surface area contributed by atoms with Crippen LogP contribution in [0.3, 0.4) is 0 Å². The summed E-state index contributed by atoms with van der Waals surface area (Å²) in [6.45, 7) is 13.8. The maximum absolute atomic E-state index is 11.8. The number of hydrogen-bond donors (Lipinski definition) is 1. The SMILES string of the molecule is C.COCCOC(C)C(C)n1c(C)c(C(=O)Cl)c2cccnc21.COCCOC(C)C(C)n1c(C)c(C(=O)O)c2cccnc21. The highest BCUT2D eigenvalue weighted by atomic mass is 35.5. The van der Waals surface area contributed by atoms with Crippen LogP contribution in [0.1, 0.15) is 79.3 Å². The van der Waals surface area contributed by atoms with Crippen LogP contribution < -0.4 is 0 Å². The van der Waals surface area contributed by atoms with E-state index >= 15 is 0 Å². The van der Waals surface area contributed by atoms with Gasteiger partial charge in [0.05, 0.1) is 61.8 Å². The molecule has 0 amide bonds. The van der Waals surface area contributed by atoms with E-state index in [2.05, 4.69) is 9.97 Å². The molecule has 0 saturated carbocycles. The number of pyridine rings is 2. The number of carbonyl (C=O) groups is 2. The second-order valence-electron chi connectivity index (χ2n) is 10.6. The van der Waals surface area contributed by atoms with E-state index in [1.165, 1.54) is 0 Å². The Kier molecular flexibility index (Phi) is 14.6. The molecule has 4 heterocycles. The molecule has 0 bridgehead atoms. The van der Waals surface area contributed by atoms with Crippen LogP contribution in [0.4, 0.5) is 0 Å². The number of carboxylic acid groups (broad SMARTS) is 1. The maximum atomic E-state index is 11.8. The lowest BCUT2D eigenvalue weighted by atomic mass is 10.1. The first-order valence-electron chi connectivity index (χ1n) is 14.5. The highest BCUT2D eigenvalue weighted by molar-refractivity contribution is 6.68. The number of nitrogens with zero attached hydrogens (tertiary/aromatic N) is 4. The van der Waals surface area contributed by atoms with Crippen LogP contribution in [-0.4, -0.2) is 88.3 Å². The molecule has 4 rings (SSSR count). The van der Waals surface area contributed by atoms with Gasteiger partial charge in [0.1, 0.15) is 11.3 Å². The molecule has 1 N–H and O–H groups in total. The van der Waals surface area contributed by atoms with Crippen molar-refractivity contribution in [2.45, 2.75) is 73.3 Å². The summed E-state index contributed by atoms with van der Waals surface area (Å²) in [6, 6.07) is 7.19. The topological polar surface area (TPSA) is 127 Å². The zero-order valence-electron chi connectivity index (χ0n) is 26.7. The quantitative estimate of drug-likeness (QED) is 0.119. The van der Waals surface area contributed by atoms with Crippen LogP contribution in [0.5, 0.6) is 0 Å². The Labute approximate surface area is 270 Å². The second kappa shape index (κ2) is 17.4. The number of halogens is 1. The fourth-order valence-corrected chi connectivity index (χ4v) is 5.60. The molecule has 0 saturated heterocycles. The number of hydrogen-bond acceptors (Lipinski definition) is 8. The van der Waals surface area contributed by atoms with Crippen molar-refractivity contribution in [3.63, 3.8) is 0 Å². The maximum Gasteiger partial charge on any atom is 0.338 e. The molecule has 248 valence electrons. The largest absolute Gasteiger partial charge is 0.478 e. The molecule has 0 aliphatic heterocycles. The summed E-state index contributed by atoms with van der Waals surface area (Å²) in [5, 5.41) is 10.4. The smallest absolute Gasteiger partial charge is 0.338 e. The summed E-state index contributed by atoms with van der Waals surface area (Å²) in [5.74, 6) is -0.936. The summed E-state index contributed by atoms with van der Waals surface area (Å²) in [5.41, 5.74) is 3.74. The highest BCUT2D eigenvalue weighted by Gasteiger charge is 2.26. The first kappa shape index (κ1) is 37.8. The highest BCUT2D eigenvalue weighted by Crippen LogP contribution is 2.31. The molecule has 0 fully saturated rings. The van der Waals surface area contributed by atoms with Gasteiger partial charge in [0.15, 0.2) is 0 Å². The molecule has 0 aliphatic carbocycles. The van der Waals surface area contributed by atoms with Gasteiger partial charge in [-0.15, -0.1) is 0 Å². The fourth-order valence-electron chi connectivity index (χ4n) is 5.36. The van der Waals surface area contributed by atoms with Crippen LogP contribution in [0, 0.1) is 13.8 Å². The summed E-state index contributed by atoms with van der Waals surface area (Å²) in [6.07, 6.45) is 3.25. The fraction of sp³-hybridized carbons (Fsp3) is 0.515. The van der Waals surface area contributed by atoms with E-state index in [0.29, 0.717) is 54.3 Å². The Morgan fingerprint density at radius 2 is 1.18 bits per heavy atom. The third-order valence-electron chi connectivity index (χ3n) is 7.93. The molecule has 0 radical (unpaired) electrons. The lowest BCUT2D eigenvalue weighted by Crippen LogP contribution is -2.24. The van der Waals surface area contributed by atoms with Crippen LogP contribution in [-0.2, 0) is 18.9 Å². The van der Waals surface area contributed by atoms with Gasteiger partial charge in [-0.05, 0) is 77.4 Å². The van der Waals surface area contributed by atoms with Gasteiger partial charge in [-0.25, -0.2) is 14.8 Å². The van der Waals surface area contributed by atoms with E-state index in [0.717, 1.165) is 16.7 Å². The molecular formula is C33H47ClN4O7. The predicted octanol–water partition coefficient (Wildman–Crippen LogP) is 6.63. The van der Waals surface area contributed by atoms with Gasteiger partial charge in [0.25, 0.3) is 5.24 Å². The number of fused-ring (bicyclic) bond motifs is 2. The number of ether oxygens (including phenoxy) is 4. The van der Waals surface area contributed by atoms with Crippen molar-refractivity contribution in [1.29, 1.82) is 0 Å². The normalized spacial score (nSPS) is 13.9. The van der Waals surface area contributed by atoms with E-state index in [1.54, 1.807) is 44.8 Å². The zero-order valence-corrected chi connectivity index (χ0v) is 27.4. The molecule has 12 heteroatoms. The van der Waals surface area contributed by atoms with Gasteiger partial charge in [0, 0.05) is 48.8 Å². The zero-order chi connectivity index (χ0) is 32.6. The van der Waals surface area contributed by atoms with E-state index in [4.69, 9.17) is 30.5 Å². The summed E-state index contributed by atoms with van der Waals surface area (Å²) >= 11 is 5.76. The standard InChI is InChI=1S/C16H21ClN2O3.C16H22N2O4.CH4/c1-10(12(3)22-9-8-21-4)19-11(2)14(15(17)20)13-6-5-7-18-16(13)19;1-10(12(3)22-9-8-21-4)18-11(2)14(16(19)20)13-6-5-7-17-15(13)18;/h5-7,10,12H,8-9H2,1-4H3;5-7,10,12H,8-9H2,1-4H3,(H,19,20);1H4. The lowest BCUT2D eigenvalue weighted by Gasteiger charge is -2.24. The number of aromatic nitrogens is 4. The van der Waals surface area contributed by atoms with E-state index in [-0.39, 0.29) is 31.7 Å². The third kappa shape index (κ3) is 8.47. The molecule has 0 spiro atoms. The number of methoxy groups -OCH3 is 2. The molecule has 4 aromatic heterocycles. The minimum Gasteiger partial charge on any atom is -0.478 e. The Hall–Kier alpha value is -3.35. The van der Waals surface area contributed by atoms with Gasteiger partial charge >= 0.3 is 5.97 Å². The Balaban J connectivity index is 0.000000307.